The molecule has 0 saturated carbocycles. The maximum absolute atomic E-state index is 13.0. The normalized spacial score (nSPS) is 16.8. The molecule has 0 aromatic carbocycles. The summed E-state index contributed by atoms with van der Waals surface area (Å²) in [6.45, 7) is 5.32. The van der Waals surface area contributed by atoms with Crippen LogP contribution in [0, 0.1) is 0 Å². The average molecular weight is 437 g/mol. The van der Waals surface area contributed by atoms with E-state index in [2.05, 4.69) is 15.3 Å². The number of nitrogens with one attached hydrogen (secondary N) is 1. The zero-order valence-corrected chi connectivity index (χ0v) is 17.9. The Hall–Kier alpha value is -1.79. The standard InChI is InChI=1S/C17H30F2N6O3S/c1-4-20-17(22-13-15-21-5-6-25(15)16(18)19)23-7-9-24(10-8-23)29(26,27)12-11-28-14(2)3/h5-6,14,16H,4,7-13H2,1-3H3,(H,20,22). The fourth-order valence-electron chi connectivity index (χ4n) is 2.91. The van der Waals surface area contributed by atoms with E-state index in [9.17, 15) is 17.2 Å². The molecule has 1 saturated heterocycles. The summed E-state index contributed by atoms with van der Waals surface area (Å²) in [6, 6.07) is 0. The van der Waals surface area contributed by atoms with Crippen molar-refractivity contribution in [2.75, 3.05) is 45.1 Å². The van der Waals surface area contributed by atoms with Crippen LogP contribution in [0.15, 0.2) is 17.4 Å². The lowest BCUT2D eigenvalue weighted by Crippen LogP contribution is -2.54. The number of aliphatic imine (C=N–C) groups is 1. The lowest BCUT2D eigenvalue weighted by atomic mass is 10.4. The third-order valence-corrected chi connectivity index (χ3v) is 6.22. The predicted octanol–water partition coefficient (Wildman–Crippen LogP) is 1.12. The highest BCUT2D eigenvalue weighted by Gasteiger charge is 2.28. The summed E-state index contributed by atoms with van der Waals surface area (Å²) in [5.74, 6) is 0.675. The molecule has 1 aliphatic heterocycles. The number of nitrogens with zero attached hydrogens (tertiary/aromatic N) is 5. The molecule has 12 heteroatoms. The van der Waals surface area contributed by atoms with E-state index in [1.807, 2.05) is 25.7 Å². The molecule has 1 aromatic heterocycles. The molecule has 9 nitrogen and oxygen atoms in total. The number of ether oxygens (including phenoxy) is 1. The van der Waals surface area contributed by atoms with Gasteiger partial charge in [-0.25, -0.2) is 18.4 Å². The molecule has 1 aliphatic rings. The first-order chi connectivity index (χ1) is 13.7. The molecular weight excluding hydrogens is 406 g/mol. The Bertz CT molecular complexity index is 761. The van der Waals surface area contributed by atoms with Gasteiger partial charge < -0.3 is 15.0 Å². The molecule has 1 fully saturated rings. The van der Waals surface area contributed by atoms with Crippen LogP contribution in [-0.2, 0) is 21.3 Å². The first kappa shape index (κ1) is 23.5. The summed E-state index contributed by atoms with van der Waals surface area (Å²) in [5.41, 5.74) is 0. The number of hydrogen-bond donors (Lipinski definition) is 1. The first-order valence-corrected chi connectivity index (χ1v) is 11.3. The number of aromatic nitrogens is 2. The van der Waals surface area contributed by atoms with Crippen molar-refractivity contribution < 1.29 is 21.9 Å². The Morgan fingerprint density at radius 1 is 1.31 bits per heavy atom. The van der Waals surface area contributed by atoms with Crippen molar-refractivity contribution in [2.24, 2.45) is 4.99 Å². The van der Waals surface area contributed by atoms with Gasteiger partial charge in [0, 0.05) is 45.1 Å². The quantitative estimate of drug-likeness (QED) is 0.461. The second-order valence-electron chi connectivity index (χ2n) is 6.82. The van der Waals surface area contributed by atoms with E-state index in [1.165, 1.54) is 16.7 Å². The van der Waals surface area contributed by atoms with Crippen LogP contribution in [0.4, 0.5) is 8.78 Å². The molecule has 29 heavy (non-hydrogen) atoms. The van der Waals surface area contributed by atoms with E-state index in [0.717, 1.165) is 4.57 Å². The third kappa shape index (κ3) is 6.89. The van der Waals surface area contributed by atoms with Crippen LogP contribution in [0.1, 0.15) is 33.1 Å². The summed E-state index contributed by atoms with van der Waals surface area (Å²) in [7, 11) is -3.38. The Morgan fingerprint density at radius 3 is 2.59 bits per heavy atom. The van der Waals surface area contributed by atoms with Gasteiger partial charge in [0.05, 0.1) is 18.5 Å². The molecule has 0 radical (unpaired) electrons. The van der Waals surface area contributed by atoms with Crippen LogP contribution in [0.5, 0.6) is 0 Å². The molecule has 0 bridgehead atoms. The van der Waals surface area contributed by atoms with E-state index in [0.29, 0.717) is 38.7 Å². The number of piperazine rings is 1. The smallest absolute Gasteiger partial charge is 0.319 e. The van der Waals surface area contributed by atoms with Gasteiger partial charge in [-0.2, -0.15) is 13.1 Å². The summed E-state index contributed by atoms with van der Waals surface area (Å²) in [5, 5.41) is 3.13. The number of halogens is 2. The van der Waals surface area contributed by atoms with E-state index < -0.39 is 16.6 Å². The maximum Gasteiger partial charge on any atom is 0.319 e. The lowest BCUT2D eigenvalue weighted by molar-refractivity contribution is 0.0670. The summed E-state index contributed by atoms with van der Waals surface area (Å²) < 4.78 is 58.4. The zero-order valence-electron chi connectivity index (χ0n) is 17.1. The molecule has 0 spiro atoms. The second-order valence-corrected chi connectivity index (χ2v) is 8.91. The van der Waals surface area contributed by atoms with Gasteiger partial charge in [0.15, 0.2) is 5.96 Å². The summed E-state index contributed by atoms with van der Waals surface area (Å²) in [4.78, 5) is 10.3. The average Bonchev–Trinajstić information content (AvgIpc) is 3.14. The summed E-state index contributed by atoms with van der Waals surface area (Å²) >= 11 is 0. The van der Waals surface area contributed by atoms with Gasteiger partial charge in [0.1, 0.15) is 12.4 Å². The van der Waals surface area contributed by atoms with E-state index >= 15 is 0 Å². The van der Waals surface area contributed by atoms with Crippen molar-refractivity contribution in [1.82, 2.24) is 24.1 Å². The Balaban J connectivity index is 1.96. The number of alkyl halides is 2. The van der Waals surface area contributed by atoms with E-state index in [4.69, 9.17) is 4.74 Å². The van der Waals surface area contributed by atoms with Gasteiger partial charge in [-0.05, 0) is 20.8 Å². The third-order valence-electron chi connectivity index (χ3n) is 4.39. The lowest BCUT2D eigenvalue weighted by Gasteiger charge is -2.35. The molecule has 2 rings (SSSR count). The van der Waals surface area contributed by atoms with Crippen molar-refractivity contribution in [1.29, 1.82) is 0 Å². The molecule has 0 unspecified atom stereocenters. The van der Waals surface area contributed by atoms with Crippen molar-refractivity contribution in [3.63, 3.8) is 0 Å². The first-order valence-electron chi connectivity index (χ1n) is 9.67. The van der Waals surface area contributed by atoms with Gasteiger partial charge in [0.25, 0.3) is 0 Å². The van der Waals surface area contributed by atoms with E-state index in [-0.39, 0.29) is 30.8 Å². The van der Waals surface area contributed by atoms with Crippen LogP contribution >= 0.6 is 0 Å². The van der Waals surface area contributed by atoms with Crippen LogP contribution in [0.3, 0.4) is 0 Å². The van der Waals surface area contributed by atoms with Gasteiger partial charge in [0.2, 0.25) is 10.0 Å². The topological polar surface area (TPSA) is 92.1 Å². The highest BCUT2D eigenvalue weighted by atomic mass is 32.2. The Morgan fingerprint density at radius 2 is 2.00 bits per heavy atom. The fourth-order valence-corrected chi connectivity index (χ4v) is 4.20. The number of sulfonamides is 1. The minimum atomic E-state index is -3.38. The van der Waals surface area contributed by atoms with Crippen molar-refractivity contribution >= 4 is 16.0 Å². The van der Waals surface area contributed by atoms with Gasteiger partial charge >= 0.3 is 6.55 Å². The van der Waals surface area contributed by atoms with Crippen molar-refractivity contribution in [3.8, 4) is 0 Å². The molecule has 1 N–H and O–H groups in total. The molecule has 1 aromatic rings. The van der Waals surface area contributed by atoms with Gasteiger partial charge in [-0.15, -0.1) is 0 Å². The molecule has 0 atom stereocenters. The van der Waals surface area contributed by atoms with E-state index in [1.54, 1.807) is 0 Å². The number of hydrogen-bond acceptors (Lipinski definition) is 5. The fraction of sp³-hybridized carbons (Fsp3) is 0.765. The van der Waals surface area contributed by atoms with Gasteiger partial charge in [-0.1, -0.05) is 0 Å². The van der Waals surface area contributed by atoms with Crippen LogP contribution < -0.4 is 5.32 Å². The van der Waals surface area contributed by atoms with Gasteiger partial charge in [-0.3, -0.25) is 4.57 Å². The molecule has 0 aliphatic carbocycles. The number of rotatable bonds is 9. The monoisotopic (exact) mass is 436 g/mol. The highest BCUT2D eigenvalue weighted by molar-refractivity contribution is 7.89. The Kier molecular flexibility index (Phi) is 8.78. The largest absolute Gasteiger partial charge is 0.378 e. The predicted molar refractivity (Wildman–Crippen MR) is 106 cm³/mol. The molecule has 0 amide bonds. The SMILES string of the molecule is CCNC(=NCc1nccn1C(F)F)N1CCN(S(=O)(=O)CCOC(C)C)CC1. The van der Waals surface area contributed by atoms with Crippen molar-refractivity contribution in [2.45, 2.75) is 40.0 Å². The summed E-state index contributed by atoms with van der Waals surface area (Å²) in [6.07, 6.45) is 2.52. The highest BCUT2D eigenvalue weighted by Crippen LogP contribution is 2.14. The molecule has 2 heterocycles. The number of guanidine groups is 1. The van der Waals surface area contributed by atoms with Crippen LogP contribution in [0.2, 0.25) is 0 Å². The number of imidazole rings is 1. The molecule has 166 valence electrons. The van der Waals surface area contributed by atoms with Crippen LogP contribution in [0.25, 0.3) is 0 Å². The maximum atomic E-state index is 13.0. The second kappa shape index (κ2) is 10.8. The Labute approximate surface area is 170 Å². The van der Waals surface area contributed by atoms with Crippen LogP contribution in [-0.4, -0.2) is 84.3 Å². The zero-order chi connectivity index (χ0) is 21.4. The minimum absolute atomic E-state index is 0.00469. The minimum Gasteiger partial charge on any atom is -0.378 e. The van der Waals surface area contributed by atoms with Crippen molar-refractivity contribution in [3.05, 3.63) is 18.2 Å². The molecular formula is C17H30F2N6O3S.